The number of rotatable bonds is 0. The monoisotopic (exact) mass is 232 g/mol. The molecule has 0 fully saturated rings. The highest BCUT2D eigenvalue weighted by Crippen LogP contribution is 2.25. The Morgan fingerprint density at radius 2 is 2.17 bits per heavy atom. The molecule has 5 heteroatoms. The fourth-order valence-electron chi connectivity index (χ4n) is 0.995. The smallest absolute Gasteiger partial charge is 0.165 e. The van der Waals surface area contributed by atoms with E-state index in [1.54, 1.807) is 0 Å². The van der Waals surface area contributed by atoms with Gasteiger partial charge in [0, 0.05) is 5.39 Å². The zero-order valence-corrected chi connectivity index (χ0v) is 7.32. The molecule has 12 heavy (non-hydrogen) atoms. The molecule has 2 nitrogen and oxygen atoms in total. The molecule has 2 aromatic rings. The van der Waals surface area contributed by atoms with E-state index in [1.807, 2.05) is 0 Å². The van der Waals surface area contributed by atoms with Gasteiger partial charge in [0.2, 0.25) is 0 Å². The molecule has 0 saturated carbocycles. The van der Waals surface area contributed by atoms with Crippen LogP contribution in [0.15, 0.2) is 16.7 Å². The number of nitrogens with zero attached hydrogens (tertiary/aromatic N) is 1. The maximum absolute atomic E-state index is 13.1. The summed E-state index contributed by atoms with van der Waals surface area (Å²) in [6, 6.07) is 1.21. The van der Waals surface area contributed by atoms with E-state index in [9.17, 15) is 8.78 Å². The molecular formula is C7H3BrF2N2. The zero-order valence-electron chi connectivity index (χ0n) is 5.74. The fourth-order valence-corrected chi connectivity index (χ4v) is 1.31. The van der Waals surface area contributed by atoms with Gasteiger partial charge < -0.3 is 0 Å². The average molecular weight is 233 g/mol. The minimum atomic E-state index is -0.650. The summed E-state index contributed by atoms with van der Waals surface area (Å²) in [5, 5.41) is 6.45. The highest BCUT2D eigenvalue weighted by molar-refractivity contribution is 9.10. The number of nitrogens with one attached hydrogen (secondary N) is 1. The van der Waals surface area contributed by atoms with Gasteiger partial charge in [0.25, 0.3) is 0 Å². The molecule has 0 saturated heterocycles. The molecular weight excluding hydrogens is 230 g/mol. The van der Waals surface area contributed by atoms with E-state index < -0.39 is 11.6 Å². The van der Waals surface area contributed by atoms with Gasteiger partial charge in [-0.25, -0.2) is 8.78 Å². The molecule has 62 valence electrons. The minimum absolute atomic E-state index is 0.167. The highest BCUT2D eigenvalue weighted by atomic mass is 79.9. The van der Waals surface area contributed by atoms with Crippen LogP contribution in [0.5, 0.6) is 0 Å². The molecule has 0 unspecified atom stereocenters. The van der Waals surface area contributed by atoms with Gasteiger partial charge in [-0.3, -0.25) is 5.10 Å². The molecule has 0 radical (unpaired) electrons. The number of fused-ring (bicyclic) bond motifs is 1. The van der Waals surface area contributed by atoms with E-state index in [2.05, 4.69) is 26.1 Å². The van der Waals surface area contributed by atoms with Crippen LogP contribution in [0, 0.1) is 11.6 Å². The van der Waals surface area contributed by atoms with Crippen molar-refractivity contribution in [3.05, 3.63) is 28.4 Å². The third kappa shape index (κ3) is 0.929. The Kier molecular flexibility index (Phi) is 1.61. The van der Waals surface area contributed by atoms with Gasteiger partial charge in [-0.15, -0.1) is 0 Å². The first-order valence-corrected chi connectivity index (χ1v) is 3.96. The van der Waals surface area contributed by atoms with E-state index in [4.69, 9.17) is 0 Å². The summed E-state index contributed by atoms with van der Waals surface area (Å²) in [4.78, 5) is 0. The standard InChI is InChI=1S/C7H3BrF2N2/c8-5-4(9)1-3-2-11-12-7(3)6(5)10/h1-2H,(H,11,12). The Labute approximate surface area is 74.7 Å². The summed E-state index contributed by atoms with van der Waals surface area (Å²) >= 11 is 2.79. The molecule has 0 spiro atoms. The maximum atomic E-state index is 13.1. The third-order valence-corrected chi connectivity index (χ3v) is 2.30. The van der Waals surface area contributed by atoms with Crippen LogP contribution >= 0.6 is 15.9 Å². The molecule has 0 aliphatic carbocycles. The van der Waals surface area contributed by atoms with Crippen molar-refractivity contribution in [3.63, 3.8) is 0 Å². The van der Waals surface area contributed by atoms with Gasteiger partial charge in [0.15, 0.2) is 5.82 Å². The lowest BCUT2D eigenvalue weighted by atomic mass is 10.2. The molecule has 0 aliphatic heterocycles. The molecule has 0 atom stereocenters. The molecule has 1 heterocycles. The number of aromatic nitrogens is 2. The van der Waals surface area contributed by atoms with Crippen molar-refractivity contribution < 1.29 is 8.78 Å². The van der Waals surface area contributed by atoms with Gasteiger partial charge in [0.1, 0.15) is 11.3 Å². The van der Waals surface area contributed by atoms with E-state index in [-0.39, 0.29) is 9.99 Å². The van der Waals surface area contributed by atoms with Crippen LogP contribution in [0.2, 0.25) is 0 Å². The van der Waals surface area contributed by atoms with Gasteiger partial charge in [-0.1, -0.05) is 0 Å². The van der Waals surface area contributed by atoms with Crippen molar-refractivity contribution in [2.24, 2.45) is 0 Å². The Balaban J connectivity index is 2.94. The molecule has 1 aromatic heterocycles. The molecule has 0 aliphatic rings. The lowest BCUT2D eigenvalue weighted by molar-refractivity contribution is 0.579. The molecule has 0 bridgehead atoms. The Morgan fingerprint density at radius 1 is 1.42 bits per heavy atom. The second kappa shape index (κ2) is 2.52. The molecule has 1 aromatic carbocycles. The first-order valence-electron chi connectivity index (χ1n) is 3.16. The summed E-state index contributed by atoms with van der Waals surface area (Å²) in [5.74, 6) is -1.27. The van der Waals surface area contributed by atoms with Crippen molar-refractivity contribution in [1.29, 1.82) is 0 Å². The van der Waals surface area contributed by atoms with Crippen LogP contribution in [-0.4, -0.2) is 10.2 Å². The predicted molar refractivity (Wildman–Crippen MR) is 43.7 cm³/mol. The summed E-state index contributed by atoms with van der Waals surface area (Å²) < 4.78 is 25.8. The quantitative estimate of drug-likeness (QED) is 0.696. The van der Waals surface area contributed by atoms with Gasteiger partial charge >= 0.3 is 0 Å². The summed E-state index contributed by atoms with van der Waals surface area (Å²) in [6.07, 6.45) is 1.37. The SMILES string of the molecule is Fc1cc2cn[nH]c2c(F)c1Br. The molecule has 2 rings (SSSR count). The van der Waals surface area contributed by atoms with Crippen molar-refractivity contribution in [3.8, 4) is 0 Å². The van der Waals surface area contributed by atoms with Gasteiger partial charge in [-0.2, -0.15) is 5.10 Å². The lowest BCUT2D eigenvalue weighted by Crippen LogP contribution is -1.85. The second-order valence-electron chi connectivity index (χ2n) is 2.32. The highest BCUT2D eigenvalue weighted by Gasteiger charge is 2.11. The fraction of sp³-hybridized carbons (Fsp3) is 0. The first kappa shape index (κ1) is 7.67. The van der Waals surface area contributed by atoms with E-state index in [0.717, 1.165) is 0 Å². The van der Waals surface area contributed by atoms with Crippen molar-refractivity contribution >= 4 is 26.8 Å². The number of benzene rings is 1. The van der Waals surface area contributed by atoms with E-state index in [0.29, 0.717) is 5.39 Å². The van der Waals surface area contributed by atoms with Crippen LogP contribution < -0.4 is 0 Å². The minimum Gasteiger partial charge on any atom is -0.275 e. The molecule has 1 N–H and O–H groups in total. The van der Waals surface area contributed by atoms with Crippen LogP contribution in [0.1, 0.15) is 0 Å². The second-order valence-corrected chi connectivity index (χ2v) is 3.11. The van der Waals surface area contributed by atoms with Crippen LogP contribution in [0.25, 0.3) is 10.9 Å². The molecule has 0 amide bonds. The number of aromatic amines is 1. The van der Waals surface area contributed by atoms with Crippen LogP contribution in [0.4, 0.5) is 8.78 Å². The zero-order chi connectivity index (χ0) is 8.72. The van der Waals surface area contributed by atoms with Crippen molar-refractivity contribution in [2.75, 3.05) is 0 Å². The van der Waals surface area contributed by atoms with Gasteiger partial charge in [0.05, 0.1) is 10.7 Å². The summed E-state index contributed by atoms with van der Waals surface area (Å²) in [7, 11) is 0. The number of hydrogen-bond donors (Lipinski definition) is 1. The van der Waals surface area contributed by atoms with E-state index >= 15 is 0 Å². The first-order chi connectivity index (χ1) is 5.70. The van der Waals surface area contributed by atoms with Gasteiger partial charge in [-0.05, 0) is 22.0 Å². The van der Waals surface area contributed by atoms with E-state index in [1.165, 1.54) is 12.3 Å². The Morgan fingerprint density at radius 3 is 2.92 bits per heavy atom. The number of halogens is 3. The largest absolute Gasteiger partial charge is 0.275 e. The van der Waals surface area contributed by atoms with Crippen molar-refractivity contribution in [2.45, 2.75) is 0 Å². The summed E-state index contributed by atoms with van der Waals surface area (Å²) in [6.45, 7) is 0. The van der Waals surface area contributed by atoms with Crippen LogP contribution in [-0.2, 0) is 0 Å². The Bertz CT molecular complexity index is 438. The lowest BCUT2D eigenvalue weighted by Gasteiger charge is -1.96. The van der Waals surface area contributed by atoms with Crippen LogP contribution in [0.3, 0.4) is 0 Å². The number of hydrogen-bond acceptors (Lipinski definition) is 1. The Hall–Kier alpha value is -0.970. The maximum Gasteiger partial charge on any atom is 0.165 e. The average Bonchev–Trinajstić information content (AvgIpc) is 2.48. The summed E-state index contributed by atoms with van der Waals surface area (Å²) in [5.41, 5.74) is 0.211. The predicted octanol–water partition coefficient (Wildman–Crippen LogP) is 2.60. The number of H-pyrrole nitrogens is 1. The topological polar surface area (TPSA) is 28.7 Å². The van der Waals surface area contributed by atoms with Crippen molar-refractivity contribution in [1.82, 2.24) is 10.2 Å². The third-order valence-electron chi connectivity index (χ3n) is 1.57. The normalized spacial score (nSPS) is 10.9.